The van der Waals surface area contributed by atoms with Crippen LogP contribution in [0.5, 0.6) is 0 Å². The van der Waals surface area contributed by atoms with Gasteiger partial charge in [0.15, 0.2) is 0 Å². The number of rotatable bonds is 15. The molecule has 0 aromatic heterocycles. The third kappa shape index (κ3) is 8.73. The van der Waals surface area contributed by atoms with Gasteiger partial charge in [0.1, 0.15) is 0 Å². The fraction of sp³-hybridized carbons (Fsp3) is 0.385. The summed E-state index contributed by atoms with van der Waals surface area (Å²) in [5.41, 5.74) is 21.9. The second kappa shape index (κ2) is 15.5. The van der Waals surface area contributed by atoms with Crippen molar-refractivity contribution in [2.45, 2.75) is 90.4 Å². The molecule has 0 heterocycles. The largest absolute Gasteiger partial charge is 0.399 e. The number of benzene rings is 4. The first-order valence-electron chi connectivity index (χ1n) is 15.9. The van der Waals surface area contributed by atoms with Gasteiger partial charge in [0.25, 0.3) is 0 Å². The molecular formula is C39H50N2. The molecule has 0 fully saturated rings. The van der Waals surface area contributed by atoms with Gasteiger partial charge < -0.3 is 11.5 Å². The molecule has 4 aromatic rings. The van der Waals surface area contributed by atoms with Gasteiger partial charge in [-0.25, -0.2) is 0 Å². The fourth-order valence-corrected chi connectivity index (χ4v) is 6.36. The monoisotopic (exact) mass is 546 g/mol. The summed E-state index contributed by atoms with van der Waals surface area (Å²) in [5, 5.41) is 0. The van der Waals surface area contributed by atoms with Crippen molar-refractivity contribution in [3.8, 4) is 0 Å². The number of nitrogens with two attached hydrogens (primary N) is 2. The summed E-state index contributed by atoms with van der Waals surface area (Å²) in [6, 6.07) is 35.7. The predicted octanol–water partition coefficient (Wildman–Crippen LogP) is 10.3. The summed E-state index contributed by atoms with van der Waals surface area (Å²) >= 11 is 0. The van der Waals surface area contributed by atoms with E-state index in [4.69, 9.17) is 11.5 Å². The lowest BCUT2D eigenvalue weighted by Gasteiger charge is -2.20. The Balaban J connectivity index is 1.45. The van der Waals surface area contributed by atoms with Crippen molar-refractivity contribution in [2.75, 3.05) is 11.5 Å². The van der Waals surface area contributed by atoms with Gasteiger partial charge in [0, 0.05) is 23.2 Å². The van der Waals surface area contributed by atoms with Gasteiger partial charge in [-0.05, 0) is 95.7 Å². The Hall–Kier alpha value is -3.52. The van der Waals surface area contributed by atoms with E-state index in [1.165, 1.54) is 65.5 Å². The number of hydrogen-bond acceptors (Lipinski definition) is 2. The third-order valence-corrected chi connectivity index (χ3v) is 8.77. The maximum Gasteiger partial charge on any atom is 0.0314 e. The van der Waals surface area contributed by atoms with Gasteiger partial charge in [0.2, 0.25) is 0 Å². The Bertz CT molecular complexity index is 1190. The zero-order valence-corrected chi connectivity index (χ0v) is 25.5. The van der Waals surface area contributed by atoms with E-state index in [0.717, 1.165) is 37.1 Å². The lowest BCUT2D eigenvalue weighted by Crippen LogP contribution is -2.10. The molecule has 2 heteroatoms. The Morgan fingerprint density at radius 3 is 1.17 bits per heavy atom. The summed E-state index contributed by atoms with van der Waals surface area (Å²) in [6.45, 7) is 6.83. The maximum absolute atomic E-state index is 5.93. The van der Waals surface area contributed by atoms with Crippen LogP contribution in [0.2, 0.25) is 0 Å². The van der Waals surface area contributed by atoms with Crippen LogP contribution in [0.1, 0.15) is 111 Å². The minimum absolute atomic E-state index is 0.410. The van der Waals surface area contributed by atoms with E-state index in [1.807, 2.05) is 24.3 Å². The van der Waals surface area contributed by atoms with E-state index in [-0.39, 0.29) is 0 Å². The Labute approximate surface area is 249 Å². The molecule has 2 atom stereocenters. The molecule has 4 rings (SSSR count). The predicted molar refractivity (Wildman–Crippen MR) is 179 cm³/mol. The van der Waals surface area contributed by atoms with Crippen LogP contribution < -0.4 is 11.5 Å². The van der Waals surface area contributed by atoms with Crippen molar-refractivity contribution in [1.82, 2.24) is 0 Å². The molecule has 0 bridgehead atoms. The highest BCUT2D eigenvalue weighted by Gasteiger charge is 2.16. The normalized spacial score (nSPS) is 13.5. The number of unbranched alkanes of at least 4 members (excludes halogenated alkanes) is 3. The van der Waals surface area contributed by atoms with Gasteiger partial charge in [-0.1, -0.05) is 119 Å². The topological polar surface area (TPSA) is 52.0 Å². The molecule has 2 nitrogen and oxygen atoms in total. The van der Waals surface area contributed by atoms with Gasteiger partial charge in [0.05, 0.1) is 0 Å². The van der Waals surface area contributed by atoms with E-state index >= 15 is 0 Å². The van der Waals surface area contributed by atoms with E-state index in [1.54, 1.807) is 0 Å². The van der Waals surface area contributed by atoms with Crippen LogP contribution in [0.15, 0.2) is 97.1 Å². The highest BCUT2D eigenvalue weighted by Crippen LogP contribution is 2.31. The maximum atomic E-state index is 5.93. The van der Waals surface area contributed by atoms with Crippen molar-refractivity contribution in [2.24, 2.45) is 5.92 Å². The molecule has 0 saturated carbocycles. The molecule has 41 heavy (non-hydrogen) atoms. The Morgan fingerprint density at radius 2 is 0.829 bits per heavy atom. The molecule has 0 spiro atoms. The summed E-state index contributed by atoms with van der Waals surface area (Å²) in [5.74, 6) is 1.48. The van der Waals surface area contributed by atoms with Crippen LogP contribution in [-0.4, -0.2) is 0 Å². The lowest BCUT2D eigenvalue weighted by molar-refractivity contribution is 0.449. The van der Waals surface area contributed by atoms with Crippen molar-refractivity contribution in [3.05, 3.63) is 130 Å². The third-order valence-electron chi connectivity index (χ3n) is 8.77. The number of nitrogen functional groups attached to an aromatic ring is 2. The quantitative estimate of drug-likeness (QED) is 0.115. The van der Waals surface area contributed by atoms with Crippen LogP contribution in [0.3, 0.4) is 0 Å². The van der Waals surface area contributed by atoms with Crippen molar-refractivity contribution in [3.63, 3.8) is 0 Å². The van der Waals surface area contributed by atoms with Crippen molar-refractivity contribution >= 4 is 11.4 Å². The highest BCUT2D eigenvalue weighted by atomic mass is 14.5. The van der Waals surface area contributed by atoms with Crippen LogP contribution in [0.4, 0.5) is 11.4 Å². The minimum Gasteiger partial charge on any atom is -0.399 e. The van der Waals surface area contributed by atoms with Crippen LogP contribution in [-0.2, 0) is 12.8 Å². The Morgan fingerprint density at radius 1 is 0.463 bits per heavy atom. The van der Waals surface area contributed by atoms with E-state index in [9.17, 15) is 0 Å². The van der Waals surface area contributed by atoms with E-state index in [2.05, 4.69) is 93.6 Å². The summed E-state index contributed by atoms with van der Waals surface area (Å²) in [6.07, 6.45) is 11.0. The van der Waals surface area contributed by atoms with Gasteiger partial charge in [-0.2, -0.15) is 0 Å². The smallest absolute Gasteiger partial charge is 0.0314 e. The second-order valence-electron chi connectivity index (χ2n) is 11.9. The fourth-order valence-electron chi connectivity index (χ4n) is 6.36. The molecular weight excluding hydrogens is 496 g/mol. The summed E-state index contributed by atoms with van der Waals surface area (Å²) in [7, 11) is 0. The second-order valence-corrected chi connectivity index (χ2v) is 11.9. The first-order chi connectivity index (χ1) is 20.0. The van der Waals surface area contributed by atoms with Crippen LogP contribution in [0.25, 0.3) is 0 Å². The van der Waals surface area contributed by atoms with Crippen LogP contribution in [0, 0.1) is 5.92 Å². The lowest BCUT2D eigenvalue weighted by atomic mass is 9.85. The first kappa shape index (κ1) is 30.4. The molecule has 0 amide bonds. The van der Waals surface area contributed by atoms with Crippen LogP contribution >= 0.6 is 0 Å². The standard InChI is InChI=1S/C39H50N2/c1-4-7-8-9-10-31(27-29-11-15-32(16-12-29)38(5-2)34-19-23-36(40)24-20-34)28-30-13-17-33(18-14-30)39(6-3)35-21-25-37(41)26-22-35/h11-26,31,38-39H,4-10,27-28,40-41H2,1-3H3. The van der Waals surface area contributed by atoms with Crippen molar-refractivity contribution in [1.29, 1.82) is 0 Å². The van der Waals surface area contributed by atoms with E-state index in [0.29, 0.717) is 17.8 Å². The highest BCUT2D eigenvalue weighted by molar-refractivity contribution is 5.44. The molecule has 216 valence electrons. The zero-order valence-electron chi connectivity index (χ0n) is 25.5. The molecule has 4 N–H and O–H groups in total. The Kier molecular flexibility index (Phi) is 11.5. The molecule has 4 aromatic carbocycles. The molecule has 0 aliphatic rings. The minimum atomic E-state index is 0.410. The first-order valence-corrected chi connectivity index (χ1v) is 15.9. The summed E-state index contributed by atoms with van der Waals surface area (Å²) in [4.78, 5) is 0. The number of hydrogen-bond donors (Lipinski definition) is 2. The zero-order chi connectivity index (χ0) is 29.0. The van der Waals surface area contributed by atoms with Crippen molar-refractivity contribution < 1.29 is 0 Å². The molecule has 0 aliphatic heterocycles. The average Bonchev–Trinajstić information content (AvgIpc) is 2.99. The average molecular weight is 547 g/mol. The molecule has 0 radical (unpaired) electrons. The molecule has 0 aliphatic carbocycles. The van der Waals surface area contributed by atoms with Gasteiger partial charge in [-0.3, -0.25) is 0 Å². The van der Waals surface area contributed by atoms with E-state index < -0.39 is 0 Å². The van der Waals surface area contributed by atoms with Gasteiger partial charge in [-0.15, -0.1) is 0 Å². The molecule has 0 saturated heterocycles. The molecule has 2 unspecified atom stereocenters. The summed E-state index contributed by atoms with van der Waals surface area (Å²) < 4.78 is 0. The number of anilines is 2. The SMILES string of the molecule is CCCCCCC(Cc1ccc(C(CC)c2ccc(N)cc2)cc1)Cc1ccc(C(CC)c2ccc(N)cc2)cc1. The van der Waals surface area contributed by atoms with Gasteiger partial charge >= 0.3 is 0 Å².